The number of ether oxygens (including phenoxy) is 1. The summed E-state index contributed by atoms with van der Waals surface area (Å²) >= 11 is 0. The minimum atomic E-state index is -0.524. The van der Waals surface area contributed by atoms with Crippen LogP contribution in [0.4, 0.5) is 0 Å². The number of para-hydroxylation sites is 1. The van der Waals surface area contributed by atoms with Crippen LogP contribution >= 0.6 is 60.9 Å². The number of ketones is 1. The maximum Gasteiger partial charge on any atom is 0.198 e. The molecule has 0 amide bonds. The molecule has 0 aromatic heterocycles. The highest BCUT2D eigenvalue weighted by Crippen LogP contribution is 2.72. The lowest BCUT2D eigenvalue weighted by molar-refractivity contribution is 0.0426. The Bertz CT molecular complexity index is 564. The second kappa shape index (κ2) is 6.02. The Morgan fingerprint density at radius 1 is 0.952 bits per heavy atom. The topological polar surface area (TPSA) is 26.3 Å². The van der Waals surface area contributed by atoms with Crippen molar-refractivity contribution in [1.82, 2.24) is 0 Å². The van der Waals surface area contributed by atoms with Crippen molar-refractivity contribution in [1.29, 1.82) is 0 Å². The number of hydrogen-bond acceptors (Lipinski definition) is 8. The Balaban J connectivity index is 1.87. The predicted octanol–water partition coefficient (Wildman–Crippen LogP) is 6.26. The summed E-state index contributed by atoms with van der Waals surface area (Å²) in [6.07, 6.45) is 4.24. The third-order valence-corrected chi connectivity index (χ3v) is 16.8. The quantitative estimate of drug-likeness (QED) is 0.477. The van der Waals surface area contributed by atoms with E-state index in [1.807, 2.05) is 24.3 Å². The van der Waals surface area contributed by atoms with E-state index in [-0.39, 0.29) is 11.4 Å². The van der Waals surface area contributed by atoms with Gasteiger partial charge in [0.25, 0.3) is 0 Å². The van der Waals surface area contributed by atoms with Gasteiger partial charge < -0.3 is 4.74 Å². The molecule has 112 valence electrons. The lowest BCUT2D eigenvalue weighted by Crippen LogP contribution is -2.58. The fourth-order valence-electron chi connectivity index (χ4n) is 3.17. The van der Waals surface area contributed by atoms with Gasteiger partial charge in [-0.1, -0.05) is 33.7 Å². The number of Topliss-reactive ketones (excluding diaryl/α,β-unsaturated/α-hetero) is 1. The van der Waals surface area contributed by atoms with Crippen LogP contribution in [0.1, 0.15) is 36.0 Å². The molecule has 21 heavy (non-hydrogen) atoms. The van der Waals surface area contributed by atoms with Gasteiger partial charge in [-0.2, -0.15) is 0 Å². The molecule has 2 aliphatic heterocycles. The van der Waals surface area contributed by atoms with E-state index in [0.29, 0.717) is 0 Å². The fraction of sp³-hybridized carbons (Fsp3) is 0.462. The minimum absolute atomic E-state index is 0.240. The van der Waals surface area contributed by atoms with E-state index in [1.165, 1.54) is 0 Å². The Hall–Kier alpha value is 0.790. The molecule has 4 rings (SSSR count). The number of fused-ring (bicyclic) bond motifs is 2. The van der Waals surface area contributed by atoms with E-state index in [4.69, 9.17) is 4.74 Å². The fourth-order valence-corrected chi connectivity index (χ4v) is 18.5. The van der Waals surface area contributed by atoms with Crippen LogP contribution in [0.15, 0.2) is 24.3 Å². The van der Waals surface area contributed by atoms with Crippen molar-refractivity contribution in [3.05, 3.63) is 29.8 Å². The van der Waals surface area contributed by atoms with Crippen LogP contribution < -0.4 is 4.74 Å². The number of carbonyl (C=O) groups is 1. The molecule has 1 aromatic carbocycles. The molecular weight excluding hydrogens is 381 g/mol. The predicted molar refractivity (Wildman–Crippen MR) is 101 cm³/mol. The smallest absolute Gasteiger partial charge is 0.198 e. The van der Waals surface area contributed by atoms with Gasteiger partial charge in [-0.3, -0.25) is 4.79 Å². The van der Waals surface area contributed by atoms with Crippen LogP contribution in [0.3, 0.4) is 0 Å². The van der Waals surface area contributed by atoms with Gasteiger partial charge in [0.15, 0.2) is 9.86 Å². The second-order valence-electron chi connectivity index (χ2n) is 5.18. The third kappa shape index (κ3) is 2.36. The van der Waals surface area contributed by atoms with Gasteiger partial charge in [-0.25, -0.2) is 0 Å². The van der Waals surface area contributed by atoms with Crippen LogP contribution in [-0.2, 0) is 0 Å². The molecule has 0 radical (unpaired) electrons. The molecule has 1 saturated heterocycles. The summed E-state index contributed by atoms with van der Waals surface area (Å²) in [4.78, 5) is 13.3. The zero-order valence-corrected chi connectivity index (χ0v) is 15.8. The summed E-state index contributed by atoms with van der Waals surface area (Å²) in [5.41, 5.74) is 0.396. The standard InChI is InChI=1S/C13H12O2S6/c14-11-9-5-1-2-6-10(9)15-12(7-3-4-8-12)13(11)16-18-20-21-19-17-13/h1-2,5-6H,3-4,7-8H2. The molecule has 0 N–H and O–H groups in total. The first-order valence-electron chi connectivity index (χ1n) is 6.64. The first-order chi connectivity index (χ1) is 10.3. The Morgan fingerprint density at radius 3 is 2.33 bits per heavy atom. The van der Waals surface area contributed by atoms with Gasteiger partial charge in [0.2, 0.25) is 0 Å². The summed E-state index contributed by atoms with van der Waals surface area (Å²) in [5, 5.41) is 0. The third-order valence-electron chi connectivity index (χ3n) is 4.13. The van der Waals surface area contributed by atoms with E-state index in [0.717, 1.165) is 37.0 Å². The molecule has 3 aliphatic rings. The van der Waals surface area contributed by atoms with Crippen LogP contribution in [0, 0.1) is 0 Å². The van der Waals surface area contributed by atoms with E-state index >= 15 is 0 Å². The van der Waals surface area contributed by atoms with Crippen LogP contribution in [0.5, 0.6) is 5.75 Å². The average Bonchev–Trinajstić information content (AvgIpc) is 2.83. The highest BCUT2D eigenvalue weighted by molar-refractivity contribution is 9.44. The van der Waals surface area contributed by atoms with Gasteiger partial charge in [0.1, 0.15) is 11.4 Å². The number of benzene rings is 1. The molecule has 2 nitrogen and oxygen atoms in total. The minimum Gasteiger partial charge on any atom is -0.484 e. The summed E-state index contributed by atoms with van der Waals surface area (Å²) < 4.78 is 5.97. The summed E-state index contributed by atoms with van der Waals surface area (Å²) in [7, 11) is 10.3. The van der Waals surface area contributed by atoms with Gasteiger partial charge in [-0.15, -0.1) is 0 Å². The van der Waals surface area contributed by atoms with Crippen molar-refractivity contribution < 1.29 is 9.53 Å². The number of hydrogen-bond donors (Lipinski definition) is 0. The molecule has 2 spiro atoms. The molecule has 0 unspecified atom stereocenters. The van der Waals surface area contributed by atoms with E-state index in [9.17, 15) is 4.79 Å². The SMILES string of the molecule is O=C1c2ccccc2OC2(CCCC2)C12SSSSSS2. The van der Waals surface area contributed by atoms with Gasteiger partial charge in [-0.05, 0) is 77.1 Å². The Labute approximate surface area is 146 Å². The lowest BCUT2D eigenvalue weighted by Gasteiger charge is -2.47. The van der Waals surface area contributed by atoms with Gasteiger partial charge in [0.05, 0.1) is 5.56 Å². The zero-order valence-electron chi connectivity index (χ0n) is 10.9. The molecule has 1 saturated carbocycles. The lowest BCUT2D eigenvalue weighted by atomic mass is 9.87. The van der Waals surface area contributed by atoms with E-state index in [1.54, 1.807) is 60.9 Å². The molecule has 1 aromatic rings. The summed E-state index contributed by atoms with van der Waals surface area (Å²) in [5.74, 6) is 1.01. The van der Waals surface area contributed by atoms with Crippen molar-refractivity contribution in [2.75, 3.05) is 0 Å². The van der Waals surface area contributed by atoms with Gasteiger partial charge in [0, 0.05) is 0 Å². The molecule has 0 bridgehead atoms. The average molecular weight is 393 g/mol. The Kier molecular flexibility index (Phi) is 4.39. The highest BCUT2D eigenvalue weighted by atomic mass is 33.9. The molecule has 1 aliphatic carbocycles. The summed E-state index contributed by atoms with van der Waals surface area (Å²) in [6, 6.07) is 7.73. The molecular formula is C13H12O2S6. The highest BCUT2D eigenvalue weighted by Gasteiger charge is 2.64. The first-order valence-corrected chi connectivity index (χ1v) is 14.1. The second-order valence-corrected chi connectivity index (χ2v) is 15.1. The van der Waals surface area contributed by atoms with Crippen LogP contribution in [0.2, 0.25) is 0 Å². The maximum atomic E-state index is 13.3. The van der Waals surface area contributed by atoms with Gasteiger partial charge >= 0.3 is 0 Å². The monoisotopic (exact) mass is 392 g/mol. The molecule has 2 heterocycles. The van der Waals surface area contributed by atoms with Crippen molar-refractivity contribution in [3.63, 3.8) is 0 Å². The van der Waals surface area contributed by atoms with Crippen LogP contribution in [0.25, 0.3) is 0 Å². The normalized spacial score (nSPS) is 26.4. The molecule has 8 heteroatoms. The van der Waals surface area contributed by atoms with Crippen molar-refractivity contribution in [2.24, 2.45) is 0 Å². The van der Waals surface area contributed by atoms with Crippen molar-refractivity contribution in [2.45, 2.75) is 35.4 Å². The molecule has 2 fully saturated rings. The Morgan fingerprint density at radius 2 is 1.62 bits per heavy atom. The largest absolute Gasteiger partial charge is 0.484 e. The summed E-state index contributed by atoms with van der Waals surface area (Å²) in [6.45, 7) is 0. The molecule has 0 atom stereocenters. The number of carbonyl (C=O) groups excluding carboxylic acids is 1. The first kappa shape index (κ1) is 15.3. The number of rotatable bonds is 0. The zero-order chi connectivity index (χ0) is 14.3. The van der Waals surface area contributed by atoms with E-state index in [2.05, 4.69) is 0 Å². The van der Waals surface area contributed by atoms with Crippen molar-refractivity contribution in [3.8, 4) is 5.75 Å². The van der Waals surface area contributed by atoms with Crippen LogP contribution in [-0.4, -0.2) is 15.5 Å². The maximum absolute atomic E-state index is 13.3. The van der Waals surface area contributed by atoms with E-state index < -0.39 is 4.08 Å². The van der Waals surface area contributed by atoms with Crippen molar-refractivity contribution >= 4 is 66.7 Å².